The van der Waals surface area contributed by atoms with Gasteiger partial charge in [0.15, 0.2) is 9.84 Å². The van der Waals surface area contributed by atoms with Gasteiger partial charge in [0.25, 0.3) is 0 Å². The van der Waals surface area contributed by atoms with Crippen LogP contribution in [0.4, 0.5) is 0 Å². The number of rotatable bonds is 4. The molecule has 3 nitrogen and oxygen atoms in total. The lowest BCUT2D eigenvalue weighted by Gasteiger charge is -2.10. The minimum absolute atomic E-state index is 0.235. The Balaban J connectivity index is 2.94. The summed E-state index contributed by atoms with van der Waals surface area (Å²) in [5, 5.41) is 9.50. The van der Waals surface area contributed by atoms with Gasteiger partial charge in [-0.1, -0.05) is 29.8 Å². The van der Waals surface area contributed by atoms with Gasteiger partial charge in [0.2, 0.25) is 0 Å². The molecule has 0 aromatic heterocycles. The molecule has 0 saturated heterocycles. The van der Waals surface area contributed by atoms with E-state index in [4.69, 9.17) is 0 Å². The molecule has 16 heavy (non-hydrogen) atoms. The number of hydrogen-bond acceptors (Lipinski definition) is 3. The number of aryl methyl sites for hydroxylation is 1. The summed E-state index contributed by atoms with van der Waals surface area (Å²) in [6.07, 6.45) is -1.01. The molecule has 0 saturated carbocycles. The van der Waals surface area contributed by atoms with Gasteiger partial charge in [0.1, 0.15) is 0 Å². The molecule has 0 radical (unpaired) electrons. The van der Waals surface area contributed by atoms with E-state index in [-0.39, 0.29) is 10.6 Å². The van der Waals surface area contributed by atoms with Gasteiger partial charge in [0.05, 0.1) is 16.8 Å². The number of benzene rings is 1. The van der Waals surface area contributed by atoms with Crippen molar-refractivity contribution in [2.24, 2.45) is 0 Å². The maximum absolute atomic E-state index is 11.9. The standard InChI is InChI=1S/C12H16O3S/c1-9(2)12(13)8-16(14,15)11-6-4-10(3)5-7-11/h4-7,12-13H,1,8H2,2-3H3. The van der Waals surface area contributed by atoms with E-state index in [1.54, 1.807) is 31.2 Å². The molecule has 0 fully saturated rings. The summed E-state index contributed by atoms with van der Waals surface area (Å²) in [6.45, 7) is 7.03. The highest BCUT2D eigenvalue weighted by atomic mass is 32.2. The van der Waals surface area contributed by atoms with E-state index in [2.05, 4.69) is 6.58 Å². The molecule has 0 aliphatic carbocycles. The number of hydrogen-bond donors (Lipinski definition) is 1. The monoisotopic (exact) mass is 240 g/mol. The van der Waals surface area contributed by atoms with Crippen LogP contribution >= 0.6 is 0 Å². The summed E-state index contributed by atoms with van der Waals surface area (Å²) in [6, 6.07) is 6.58. The van der Waals surface area contributed by atoms with Crippen molar-refractivity contribution in [2.45, 2.75) is 24.8 Å². The van der Waals surface area contributed by atoms with Crippen molar-refractivity contribution in [2.75, 3.05) is 5.75 Å². The van der Waals surface area contributed by atoms with E-state index in [1.807, 2.05) is 6.92 Å². The average Bonchev–Trinajstić information content (AvgIpc) is 2.17. The van der Waals surface area contributed by atoms with E-state index in [9.17, 15) is 13.5 Å². The molecule has 0 amide bonds. The van der Waals surface area contributed by atoms with E-state index in [0.717, 1.165) is 5.56 Å². The van der Waals surface area contributed by atoms with Crippen LogP contribution in [0, 0.1) is 6.92 Å². The zero-order valence-electron chi connectivity index (χ0n) is 9.47. The summed E-state index contributed by atoms with van der Waals surface area (Å²) in [5.74, 6) is -0.314. The fourth-order valence-electron chi connectivity index (χ4n) is 1.19. The van der Waals surface area contributed by atoms with Crippen molar-refractivity contribution in [1.29, 1.82) is 0 Å². The van der Waals surface area contributed by atoms with Crippen LogP contribution in [-0.4, -0.2) is 25.4 Å². The molecule has 1 unspecified atom stereocenters. The van der Waals surface area contributed by atoms with Crippen LogP contribution in [0.1, 0.15) is 12.5 Å². The molecule has 0 aliphatic heterocycles. The van der Waals surface area contributed by atoms with Crippen LogP contribution in [0.3, 0.4) is 0 Å². The third-order valence-electron chi connectivity index (χ3n) is 2.33. The fourth-order valence-corrected chi connectivity index (χ4v) is 2.64. The summed E-state index contributed by atoms with van der Waals surface area (Å²) in [7, 11) is -3.43. The molecule has 0 heterocycles. The van der Waals surface area contributed by atoms with Crippen molar-refractivity contribution >= 4 is 9.84 Å². The first-order valence-electron chi connectivity index (χ1n) is 4.96. The molecular weight excluding hydrogens is 224 g/mol. The van der Waals surface area contributed by atoms with Gasteiger partial charge >= 0.3 is 0 Å². The predicted molar refractivity (Wildman–Crippen MR) is 64.1 cm³/mol. The molecule has 1 rings (SSSR count). The molecule has 1 aromatic rings. The molecular formula is C12H16O3S. The lowest BCUT2D eigenvalue weighted by atomic mass is 10.2. The number of sulfone groups is 1. The molecule has 4 heteroatoms. The minimum Gasteiger partial charge on any atom is -0.388 e. The quantitative estimate of drug-likeness (QED) is 0.815. The van der Waals surface area contributed by atoms with Crippen LogP contribution in [0.25, 0.3) is 0 Å². The Morgan fingerprint density at radius 3 is 2.31 bits per heavy atom. The molecule has 0 spiro atoms. The zero-order valence-corrected chi connectivity index (χ0v) is 10.3. The number of aliphatic hydroxyl groups is 1. The second kappa shape index (κ2) is 4.80. The first-order chi connectivity index (χ1) is 7.33. The Hall–Kier alpha value is -1.13. The Kier molecular flexibility index (Phi) is 3.88. The predicted octanol–water partition coefficient (Wildman–Crippen LogP) is 1.71. The average molecular weight is 240 g/mol. The molecule has 1 atom stereocenters. The van der Waals surface area contributed by atoms with Gasteiger partial charge in [-0.05, 0) is 26.0 Å². The van der Waals surface area contributed by atoms with Crippen molar-refractivity contribution in [3.8, 4) is 0 Å². The second-order valence-corrected chi connectivity index (χ2v) is 5.99. The molecule has 0 bridgehead atoms. The highest BCUT2D eigenvalue weighted by molar-refractivity contribution is 7.91. The van der Waals surface area contributed by atoms with Gasteiger partial charge in [-0.3, -0.25) is 0 Å². The van der Waals surface area contributed by atoms with Crippen molar-refractivity contribution in [3.05, 3.63) is 42.0 Å². The van der Waals surface area contributed by atoms with E-state index in [0.29, 0.717) is 5.57 Å². The smallest absolute Gasteiger partial charge is 0.181 e. The van der Waals surface area contributed by atoms with Crippen LogP contribution in [0.15, 0.2) is 41.3 Å². The summed E-state index contributed by atoms with van der Waals surface area (Å²) < 4.78 is 23.7. The molecule has 1 aromatic carbocycles. The first kappa shape index (κ1) is 12.9. The normalized spacial score (nSPS) is 13.4. The largest absolute Gasteiger partial charge is 0.388 e. The highest BCUT2D eigenvalue weighted by Crippen LogP contribution is 2.14. The Labute approximate surface area is 96.4 Å². The van der Waals surface area contributed by atoms with E-state index in [1.165, 1.54) is 0 Å². The zero-order chi connectivity index (χ0) is 12.3. The van der Waals surface area contributed by atoms with Gasteiger partial charge in [0, 0.05) is 0 Å². The maximum atomic E-state index is 11.9. The maximum Gasteiger partial charge on any atom is 0.181 e. The van der Waals surface area contributed by atoms with Gasteiger partial charge < -0.3 is 5.11 Å². The Morgan fingerprint density at radius 1 is 1.38 bits per heavy atom. The topological polar surface area (TPSA) is 54.4 Å². The van der Waals surface area contributed by atoms with Gasteiger partial charge in [-0.15, -0.1) is 0 Å². The third kappa shape index (κ3) is 3.18. The summed E-state index contributed by atoms with van der Waals surface area (Å²) in [5.41, 5.74) is 1.45. The van der Waals surface area contributed by atoms with Crippen LogP contribution in [0.5, 0.6) is 0 Å². The second-order valence-electron chi connectivity index (χ2n) is 3.96. The van der Waals surface area contributed by atoms with E-state index >= 15 is 0 Å². The van der Waals surface area contributed by atoms with Crippen molar-refractivity contribution in [1.82, 2.24) is 0 Å². The van der Waals surface area contributed by atoms with Crippen LogP contribution < -0.4 is 0 Å². The molecule has 88 valence electrons. The van der Waals surface area contributed by atoms with Crippen LogP contribution in [-0.2, 0) is 9.84 Å². The minimum atomic E-state index is -3.43. The van der Waals surface area contributed by atoms with Gasteiger partial charge in [-0.2, -0.15) is 0 Å². The summed E-state index contributed by atoms with van der Waals surface area (Å²) in [4.78, 5) is 0.235. The van der Waals surface area contributed by atoms with Crippen molar-refractivity contribution < 1.29 is 13.5 Å². The van der Waals surface area contributed by atoms with Crippen molar-refractivity contribution in [3.63, 3.8) is 0 Å². The Morgan fingerprint density at radius 2 is 1.88 bits per heavy atom. The van der Waals surface area contributed by atoms with E-state index < -0.39 is 15.9 Å². The fraction of sp³-hybridized carbons (Fsp3) is 0.333. The molecule has 1 N–H and O–H groups in total. The number of aliphatic hydroxyl groups excluding tert-OH is 1. The van der Waals surface area contributed by atoms with Gasteiger partial charge in [-0.25, -0.2) is 8.42 Å². The lowest BCUT2D eigenvalue weighted by Crippen LogP contribution is -2.21. The third-order valence-corrected chi connectivity index (χ3v) is 4.07. The highest BCUT2D eigenvalue weighted by Gasteiger charge is 2.19. The lowest BCUT2D eigenvalue weighted by molar-refractivity contribution is 0.234. The first-order valence-corrected chi connectivity index (χ1v) is 6.61. The SMILES string of the molecule is C=C(C)C(O)CS(=O)(=O)c1ccc(C)cc1. The summed E-state index contributed by atoms with van der Waals surface area (Å²) >= 11 is 0. The Bertz CT molecular complexity index is 471. The van der Waals surface area contributed by atoms with Crippen LogP contribution in [0.2, 0.25) is 0 Å². The molecule has 0 aliphatic rings.